The predicted molar refractivity (Wildman–Crippen MR) is 234 cm³/mol. The number of para-hydroxylation sites is 1. The van der Waals surface area contributed by atoms with Crippen molar-refractivity contribution in [3.05, 3.63) is 240 Å². The lowest BCUT2D eigenvalue weighted by atomic mass is 9.69. The highest BCUT2D eigenvalue weighted by Crippen LogP contribution is 2.66. The van der Waals surface area contributed by atoms with Crippen molar-refractivity contribution >= 4 is 22.6 Å². The van der Waals surface area contributed by atoms with Gasteiger partial charge in [-0.25, -0.2) is 0 Å². The summed E-state index contributed by atoms with van der Waals surface area (Å²) >= 11 is 0. The fraction of sp³-hybridized carbons (Fsp3) is 0.0545. The molecule has 56 heavy (non-hydrogen) atoms. The Morgan fingerprint density at radius 2 is 0.839 bits per heavy atom. The van der Waals surface area contributed by atoms with Crippen LogP contribution in [-0.4, -0.2) is 0 Å². The molecule has 1 heteroatoms. The molecule has 0 saturated heterocycles. The smallest absolute Gasteiger partial charge is 0.0723 e. The number of fused-ring (bicyclic) bond motifs is 10. The summed E-state index contributed by atoms with van der Waals surface area (Å²) in [6.07, 6.45) is 7.12. The molecule has 8 aromatic carbocycles. The number of anilines is 3. The first-order valence-electron chi connectivity index (χ1n) is 19.8. The van der Waals surface area contributed by atoms with Crippen molar-refractivity contribution in [1.29, 1.82) is 0 Å². The molecule has 0 bridgehead atoms. The summed E-state index contributed by atoms with van der Waals surface area (Å²) in [4.78, 5) is 2.55. The van der Waals surface area contributed by atoms with E-state index in [-0.39, 0.29) is 0 Å². The van der Waals surface area contributed by atoms with Crippen molar-refractivity contribution in [3.8, 4) is 44.5 Å². The van der Waals surface area contributed by atoms with E-state index in [0.29, 0.717) is 0 Å². The van der Waals surface area contributed by atoms with Crippen molar-refractivity contribution in [3.63, 3.8) is 0 Å². The zero-order valence-electron chi connectivity index (χ0n) is 31.1. The Labute approximate surface area is 329 Å². The first kappa shape index (κ1) is 32.5. The van der Waals surface area contributed by atoms with Gasteiger partial charge in [0.15, 0.2) is 0 Å². The summed E-state index contributed by atoms with van der Waals surface area (Å²) in [5.74, 6) is 0. The quantitative estimate of drug-likeness (QED) is 0.166. The molecule has 0 saturated carbocycles. The van der Waals surface area contributed by atoms with Gasteiger partial charge in [0.05, 0.1) is 16.8 Å². The van der Waals surface area contributed by atoms with Crippen LogP contribution in [0, 0.1) is 0 Å². The van der Waals surface area contributed by atoms with Gasteiger partial charge in [-0.05, 0) is 110 Å². The Morgan fingerprint density at radius 1 is 0.357 bits per heavy atom. The zero-order chi connectivity index (χ0) is 37.1. The Hall–Kier alpha value is -6.96. The van der Waals surface area contributed by atoms with E-state index in [4.69, 9.17) is 0 Å². The van der Waals surface area contributed by atoms with Crippen LogP contribution in [0.1, 0.15) is 35.1 Å². The molecule has 8 aromatic rings. The molecule has 0 amide bonds. The molecule has 0 fully saturated rings. The Morgan fingerprint density at radius 3 is 1.46 bits per heavy atom. The van der Waals surface area contributed by atoms with Gasteiger partial charge in [0.25, 0.3) is 0 Å². The van der Waals surface area contributed by atoms with Crippen LogP contribution >= 0.6 is 0 Å². The summed E-state index contributed by atoms with van der Waals surface area (Å²) < 4.78 is 0. The largest absolute Gasteiger partial charge is 0.309 e. The number of benzene rings is 8. The third kappa shape index (κ3) is 4.87. The molecule has 1 nitrogen and oxygen atoms in total. The van der Waals surface area contributed by atoms with Gasteiger partial charge in [0, 0.05) is 16.8 Å². The van der Waals surface area contributed by atoms with E-state index in [2.05, 4.69) is 217 Å². The highest BCUT2D eigenvalue weighted by Gasteiger charge is 2.54. The topological polar surface area (TPSA) is 3.24 Å². The molecule has 0 atom stereocenters. The fourth-order valence-electron chi connectivity index (χ4n) is 9.82. The lowest BCUT2D eigenvalue weighted by Crippen LogP contribution is -2.26. The Kier molecular flexibility index (Phi) is 7.60. The van der Waals surface area contributed by atoms with Gasteiger partial charge in [0.1, 0.15) is 0 Å². The lowest BCUT2D eigenvalue weighted by Gasteiger charge is -2.32. The number of rotatable bonds is 6. The first-order valence-corrected chi connectivity index (χ1v) is 19.8. The second kappa shape index (κ2) is 13.1. The number of hydrogen-bond donors (Lipinski definition) is 0. The van der Waals surface area contributed by atoms with Gasteiger partial charge in [-0.2, -0.15) is 0 Å². The SMILES string of the molecule is C1=C2C(=CCC1)C1(c3ccccc3-c3ccccc31)c1cccc(N(c3cc(-c4ccccc4)cc(-c4ccccc4)c3)c3ccccc3-c3ccccc3)c12. The lowest BCUT2D eigenvalue weighted by molar-refractivity contribution is 0.782. The van der Waals surface area contributed by atoms with Crippen molar-refractivity contribution in [1.82, 2.24) is 0 Å². The average molecular weight is 714 g/mol. The van der Waals surface area contributed by atoms with E-state index < -0.39 is 5.41 Å². The molecule has 3 aliphatic carbocycles. The zero-order valence-corrected chi connectivity index (χ0v) is 31.1. The molecule has 3 aliphatic rings. The Bertz CT molecular complexity index is 2740. The standard InChI is InChI=1S/C55H39N/c1-4-19-38(20-5-1)41-35-42(39-21-6-2-7-22-39)37-43(36-41)56(52-33-17-13-25-44(52)40-23-8-3-9-24-40)53-34-18-32-51-54(53)47-28-12-16-31-50(47)55(51)48-29-14-10-26-45(48)46-27-11-15-30-49(46)55/h1-11,13-15,17-37H,12,16H2. The second-order valence-electron chi connectivity index (χ2n) is 15.1. The molecular weight excluding hydrogens is 675 g/mol. The molecule has 1 spiro atoms. The number of hydrogen-bond acceptors (Lipinski definition) is 1. The summed E-state index contributed by atoms with van der Waals surface area (Å²) in [6.45, 7) is 0. The van der Waals surface area contributed by atoms with E-state index in [0.717, 1.165) is 24.2 Å². The van der Waals surface area contributed by atoms with Crippen LogP contribution in [0.2, 0.25) is 0 Å². The van der Waals surface area contributed by atoms with Crippen LogP contribution < -0.4 is 4.90 Å². The normalized spacial score (nSPS) is 14.3. The van der Waals surface area contributed by atoms with Crippen LogP contribution in [-0.2, 0) is 5.41 Å². The monoisotopic (exact) mass is 713 g/mol. The minimum absolute atomic E-state index is 0.392. The number of allylic oxidation sites excluding steroid dienone is 4. The average Bonchev–Trinajstić information content (AvgIpc) is 3.75. The van der Waals surface area contributed by atoms with Gasteiger partial charge in [-0.15, -0.1) is 0 Å². The number of nitrogens with zero attached hydrogens (tertiary/aromatic N) is 1. The van der Waals surface area contributed by atoms with Gasteiger partial charge >= 0.3 is 0 Å². The van der Waals surface area contributed by atoms with E-state index in [1.807, 2.05) is 0 Å². The maximum atomic E-state index is 2.55. The third-order valence-corrected chi connectivity index (χ3v) is 12.1. The molecule has 0 N–H and O–H groups in total. The Balaban J connectivity index is 1.25. The van der Waals surface area contributed by atoms with Gasteiger partial charge in [0.2, 0.25) is 0 Å². The van der Waals surface area contributed by atoms with Crippen LogP contribution in [0.25, 0.3) is 50.1 Å². The molecule has 0 aromatic heterocycles. The van der Waals surface area contributed by atoms with Crippen molar-refractivity contribution in [2.75, 3.05) is 4.90 Å². The van der Waals surface area contributed by atoms with Crippen molar-refractivity contribution < 1.29 is 0 Å². The maximum Gasteiger partial charge on any atom is 0.0723 e. The first-order chi connectivity index (χ1) is 27.8. The second-order valence-corrected chi connectivity index (χ2v) is 15.1. The van der Waals surface area contributed by atoms with E-state index in [1.54, 1.807) is 0 Å². The molecule has 264 valence electrons. The van der Waals surface area contributed by atoms with Gasteiger partial charge < -0.3 is 4.90 Å². The summed E-state index contributed by atoms with van der Waals surface area (Å²) in [5.41, 5.74) is 21.1. The minimum Gasteiger partial charge on any atom is -0.309 e. The van der Waals surface area contributed by atoms with Crippen molar-refractivity contribution in [2.24, 2.45) is 0 Å². The molecule has 0 aliphatic heterocycles. The molecule has 11 rings (SSSR count). The van der Waals surface area contributed by atoms with Crippen molar-refractivity contribution in [2.45, 2.75) is 18.3 Å². The van der Waals surface area contributed by atoms with Crippen LogP contribution in [0.5, 0.6) is 0 Å². The predicted octanol–water partition coefficient (Wildman–Crippen LogP) is 14.6. The van der Waals surface area contributed by atoms with Crippen LogP contribution in [0.3, 0.4) is 0 Å². The fourth-order valence-corrected chi connectivity index (χ4v) is 9.82. The summed E-state index contributed by atoms with van der Waals surface area (Å²) in [5, 5.41) is 0. The van der Waals surface area contributed by atoms with E-state index in [9.17, 15) is 0 Å². The summed E-state index contributed by atoms with van der Waals surface area (Å²) in [7, 11) is 0. The van der Waals surface area contributed by atoms with E-state index >= 15 is 0 Å². The van der Waals surface area contributed by atoms with Gasteiger partial charge in [-0.1, -0.05) is 182 Å². The molecule has 0 heterocycles. The highest BCUT2D eigenvalue weighted by atomic mass is 15.1. The minimum atomic E-state index is -0.392. The molecular formula is C55H39N. The molecule has 0 unspecified atom stereocenters. The van der Waals surface area contributed by atoms with E-state index in [1.165, 1.54) is 83.6 Å². The third-order valence-electron chi connectivity index (χ3n) is 12.1. The van der Waals surface area contributed by atoms with Crippen LogP contribution in [0.4, 0.5) is 17.1 Å². The van der Waals surface area contributed by atoms with Crippen LogP contribution in [0.15, 0.2) is 218 Å². The van der Waals surface area contributed by atoms with Gasteiger partial charge in [-0.3, -0.25) is 0 Å². The maximum absolute atomic E-state index is 2.55. The highest BCUT2D eigenvalue weighted by molar-refractivity contribution is 6.05. The molecule has 0 radical (unpaired) electrons. The summed E-state index contributed by atoms with van der Waals surface area (Å²) in [6, 6.07) is 73.8.